The van der Waals surface area contributed by atoms with E-state index in [2.05, 4.69) is 0 Å². The highest BCUT2D eigenvalue weighted by molar-refractivity contribution is 5.91. The molecular formula is C14H22O4. The quantitative estimate of drug-likeness (QED) is 0.624. The van der Waals surface area contributed by atoms with Gasteiger partial charge in [-0.1, -0.05) is 38.5 Å². The molecule has 1 aliphatic rings. The van der Waals surface area contributed by atoms with Crippen molar-refractivity contribution >= 4 is 11.9 Å². The van der Waals surface area contributed by atoms with E-state index in [1.807, 2.05) is 0 Å². The fourth-order valence-corrected chi connectivity index (χ4v) is 1.84. The summed E-state index contributed by atoms with van der Waals surface area (Å²) in [5.74, 6) is -0.946. The van der Waals surface area contributed by atoms with Gasteiger partial charge in [0.2, 0.25) is 0 Å². The van der Waals surface area contributed by atoms with Crippen molar-refractivity contribution in [2.75, 3.05) is 13.2 Å². The van der Waals surface area contributed by atoms with Crippen molar-refractivity contribution in [3.8, 4) is 0 Å². The Labute approximate surface area is 108 Å². The van der Waals surface area contributed by atoms with Crippen molar-refractivity contribution in [1.82, 2.24) is 0 Å². The van der Waals surface area contributed by atoms with Gasteiger partial charge in [-0.3, -0.25) is 0 Å². The number of hydrogen-bond acceptors (Lipinski definition) is 4. The number of hydrogen-bond donors (Lipinski definition) is 0. The van der Waals surface area contributed by atoms with Crippen LogP contribution in [0.2, 0.25) is 0 Å². The molecule has 4 nitrogen and oxygen atoms in total. The molecule has 102 valence electrons. The first-order valence-electron chi connectivity index (χ1n) is 6.80. The third-order valence-corrected chi connectivity index (χ3v) is 2.88. The van der Waals surface area contributed by atoms with Crippen LogP contribution in [-0.4, -0.2) is 25.2 Å². The molecule has 0 aromatic carbocycles. The van der Waals surface area contributed by atoms with Gasteiger partial charge in [0.05, 0.1) is 13.2 Å². The second kappa shape index (κ2) is 9.68. The highest BCUT2D eigenvalue weighted by Crippen LogP contribution is 2.09. The SMILES string of the molecule is O=C1C=CC(=O)OCCCCCCCCCCO1. The van der Waals surface area contributed by atoms with E-state index in [1.165, 1.54) is 25.7 Å². The Morgan fingerprint density at radius 2 is 0.944 bits per heavy atom. The molecule has 0 bridgehead atoms. The molecule has 1 rings (SSSR count). The molecule has 0 saturated carbocycles. The summed E-state index contributed by atoms with van der Waals surface area (Å²) >= 11 is 0. The monoisotopic (exact) mass is 254 g/mol. The molecule has 0 aromatic rings. The molecule has 0 saturated heterocycles. The Bertz CT molecular complexity index is 256. The van der Waals surface area contributed by atoms with Crippen LogP contribution in [0.25, 0.3) is 0 Å². The number of ether oxygens (including phenoxy) is 2. The van der Waals surface area contributed by atoms with Gasteiger partial charge in [0, 0.05) is 12.2 Å². The zero-order valence-corrected chi connectivity index (χ0v) is 10.9. The predicted molar refractivity (Wildman–Crippen MR) is 68.0 cm³/mol. The highest BCUT2D eigenvalue weighted by Gasteiger charge is 2.02. The summed E-state index contributed by atoms with van der Waals surface area (Å²) in [5.41, 5.74) is 0. The summed E-state index contributed by atoms with van der Waals surface area (Å²) in [4.78, 5) is 22.4. The van der Waals surface area contributed by atoms with Crippen molar-refractivity contribution in [3.63, 3.8) is 0 Å². The van der Waals surface area contributed by atoms with Crippen LogP contribution in [0.5, 0.6) is 0 Å². The first-order valence-corrected chi connectivity index (χ1v) is 6.80. The molecule has 0 amide bonds. The second-order valence-electron chi connectivity index (χ2n) is 4.50. The molecule has 0 aromatic heterocycles. The van der Waals surface area contributed by atoms with Gasteiger partial charge >= 0.3 is 11.9 Å². The third kappa shape index (κ3) is 7.87. The average Bonchev–Trinajstić information content (AvgIpc) is 2.36. The maximum Gasteiger partial charge on any atom is 0.331 e. The Balaban J connectivity index is 2.32. The molecular weight excluding hydrogens is 232 g/mol. The van der Waals surface area contributed by atoms with Crippen molar-refractivity contribution in [1.29, 1.82) is 0 Å². The van der Waals surface area contributed by atoms with Gasteiger partial charge in [0.25, 0.3) is 0 Å². The van der Waals surface area contributed by atoms with E-state index in [4.69, 9.17) is 9.47 Å². The Hall–Kier alpha value is -1.32. The predicted octanol–water partition coefficient (Wildman–Crippen LogP) is 2.76. The molecule has 0 atom stereocenters. The van der Waals surface area contributed by atoms with Crippen LogP contribution in [-0.2, 0) is 19.1 Å². The minimum atomic E-state index is -0.473. The molecule has 1 heterocycles. The van der Waals surface area contributed by atoms with Crippen LogP contribution in [0, 0.1) is 0 Å². The van der Waals surface area contributed by atoms with E-state index >= 15 is 0 Å². The van der Waals surface area contributed by atoms with Gasteiger partial charge in [-0.05, 0) is 12.8 Å². The fourth-order valence-electron chi connectivity index (χ4n) is 1.84. The van der Waals surface area contributed by atoms with E-state index in [1.54, 1.807) is 0 Å². The zero-order chi connectivity index (χ0) is 13.1. The summed E-state index contributed by atoms with van der Waals surface area (Å²) in [7, 11) is 0. The van der Waals surface area contributed by atoms with Gasteiger partial charge in [0.1, 0.15) is 0 Å². The molecule has 18 heavy (non-hydrogen) atoms. The van der Waals surface area contributed by atoms with Crippen molar-refractivity contribution < 1.29 is 19.1 Å². The molecule has 4 heteroatoms. The van der Waals surface area contributed by atoms with E-state index < -0.39 is 11.9 Å². The summed E-state index contributed by atoms with van der Waals surface area (Å²) in [6, 6.07) is 0. The zero-order valence-electron chi connectivity index (χ0n) is 10.9. The van der Waals surface area contributed by atoms with Crippen molar-refractivity contribution in [2.24, 2.45) is 0 Å². The van der Waals surface area contributed by atoms with E-state index in [-0.39, 0.29) is 0 Å². The first-order chi connectivity index (χ1) is 8.79. The van der Waals surface area contributed by atoms with Crippen molar-refractivity contribution in [3.05, 3.63) is 12.2 Å². The van der Waals surface area contributed by atoms with Crippen molar-refractivity contribution in [2.45, 2.75) is 51.4 Å². The smallest absolute Gasteiger partial charge is 0.331 e. The highest BCUT2D eigenvalue weighted by atomic mass is 16.5. The standard InChI is InChI=1S/C14H22O4/c15-13-9-10-14(16)18-12-8-6-4-2-1-3-5-7-11-17-13/h9-10H,1-8,11-12H2. The lowest BCUT2D eigenvalue weighted by molar-refractivity contribution is -0.140. The van der Waals surface area contributed by atoms with Gasteiger partial charge in [-0.15, -0.1) is 0 Å². The number of cyclic esters (lactones) is 2. The maximum absolute atomic E-state index is 11.2. The lowest BCUT2D eigenvalue weighted by atomic mass is 10.1. The third-order valence-electron chi connectivity index (χ3n) is 2.88. The second-order valence-corrected chi connectivity index (χ2v) is 4.50. The molecule has 0 unspecified atom stereocenters. The molecule has 0 N–H and O–H groups in total. The molecule has 0 fully saturated rings. The van der Waals surface area contributed by atoms with E-state index in [9.17, 15) is 9.59 Å². The minimum Gasteiger partial charge on any atom is -0.463 e. The van der Waals surface area contributed by atoms with Gasteiger partial charge in [-0.2, -0.15) is 0 Å². The van der Waals surface area contributed by atoms with E-state index in [0.717, 1.165) is 37.8 Å². The first kappa shape index (κ1) is 14.7. The molecule has 0 spiro atoms. The lowest BCUT2D eigenvalue weighted by Crippen LogP contribution is -2.06. The van der Waals surface area contributed by atoms with Crippen LogP contribution in [0.15, 0.2) is 12.2 Å². The number of esters is 2. The summed E-state index contributed by atoms with van der Waals surface area (Å²) in [5, 5.41) is 0. The van der Waals surface area contributed by atoms with Crippen LogP contribution in [0.4, 0.5) is 0 Å². The summed E-state index contributed by atoms with van der Waals surface area (Å²) in [6.07, 6.45) is 11.1. The van der Waals surface area contributed by atoms with Crippen LogP contribution < -0.4 is 0 Å². The lowest BCUT2D eigenvalue weighted by Gasteiger charge is -2.05. The summed E-state index contributed by atoms with van der Waals surface area (Å²) in [6.45, 7) is 0.858. The molecule has 0 aliphatic carbocycles. The molecule has 1 aliphatic heterocycles. The fraction of sp³-hybridized carbons (Fsp3) is 0.714. The Morgan fingerprint density at radius 3 is 1.33 bits per heavy atom. The number of carbonyl (C=O) groups is 2. The van der Waals surface area contributed by atoms with Crippen LogP contribution >= 0.6 is 0 Å². The number of rotatable bonds is 0. The minimum absolute atomic E-state index is 0.429. The average molecular weight is 254 g/mol. The normalized spacial score (nSPS) is 21.1. The van der Waals surface area contributed by atoms with Crippen LogP contribution in [0.3, 0.4) is 0 Å². The topological polar surface area (TPSA) is 52.6 Å². The van der Waals surface area contributed by atoms with Gasteiger partial charge in [-0.25, -0.2) is 9.59 Å². The van der Waals surface area contributed by atoms with Gasteiger partial charge < -0.3 is 9.47 Å². The Morgan fingerprint density at radius 1 is 0.611 bits per heavy atom. The number of carbonyl (C=O) groups excluding carboxylic acids is 2. The van der Waals surface area contributed by atoms with Crippen LogP contribution in [0.1, 0.15) is 51.4 Å². The summed E-state index contributed by atoms with van der Waals surface area (Å²) < 4.78 is 9.92. The van der Waals surface area contributed by atoms with E-state index in [0.29, 0.717) is 13.2 Å². The molecule has 0 radical (unpaired) electrons. The maximum atomic E-state index is 11.2. The Kier molecular flexibility index (Phi) is 7.93. The largest absolute Gasteiger partial charge is 0.463 e. The van der Waals surface area contributed by atoms with Gasteiger partial charge in [0.15, 0.2) is 0 Å².